The summed E-state index contributed by atoms with van der Waals surface area (Å²) in [6.45, 7) is -0.393. The molecule has 2 unspecified atom stereocenters. The molecule has 4 nitrogen and oxygen atoms in total. The van der Waals surface area contributed by atoms with E-state index in [-0.39, 0.29) is 18.3 Å². The summed E-state index contributed by atoms with van der Waals surface area (Å²) in [7, 11) is 0. The molecule has 0 aliphatic heterocycles. The van der Waals surface area contributed by atoms with Gasteiger partial charge in [0.05, 0.1) is 12.5 Å². The molecule has 0 saturated carbocycles. The summed E-state index contributed by atoms with van der Waals surface area (Å²) in [4.78, 5) is 10.8. The minimum atomic E-state index is -1.02. The highest BCUT2D eigenvalue weighted by Crippen LogP contribution is 2.28. The van der Waals surface area contributed by atoms with E-state index in [0.717, 1.165) is 5.56 Å². The van der Waals surface area contributed by atoms with Gasteiger partial charge in [0.15, 0.2) is 0 Å². The molecule has 0 aliphatic carbocycles. The summed E-state index contributed by atoms with van der Waals surface area (Å²) in [6, 6.07) is 11.7. The van der Waals surface area contributed by atoms with Crippen LogP contribution in [0.5, 0.6) is 0 Å². The van der Waals surface area contributed by atoms with E-state index in [0.29, 0.717) is 29.0 Å². The first-order valence-corrected chi connectivity index (χ1v) is 9.07. The Bertz CT molecular complexity index is 810. The molecular formula is C21H23ClFNO3. The van der Waals surface area contributed by atoms with Crippen molar-refractivity contribution in [3.8, 4) is 11.1 Å². The lowest BCUT2D eigenvalue weighted by molar-refractivity contribution is -0.142. The Morgan fingerprint density at radius 1 is 1.19 bits per heavy atom. The summed E-state index contributed by atoms with van der Waals surface area (Å²) in [5.74, 6) is -2.11. The fraction of sp³-hybridized carbons (Fsp3) is 0.286. The smallest absolute Gasteiger partial charge is 0.309 e. The molecule has 144 valence electrons. The van der Waals surface area contributed by atoms with Crippen molar-refractivity contribution < 1.29 is 19.4 Å². The number of carboxylic acids is 1. The molecule has 0 spiro atoms. The average molecular weight is 392 g/mol. The zero-order valence-corrected chi connectivity index (χ0v) is 15.6. The zero-order chi connectivity index (χ0) is 19.8. The lowest BCUT2D eigenvalue weighted by Gasteiger charge is -2.12. The number of aliphatic hydroxyl groups excluding tert-OH is 1. The molecule has 0 bridgehead atoms. The number of benzene rings is 2. The standard InChI is InChI=1S/C21H23ClFNO3/c22-19-12-14(18-7-3-4-8-20(18)23)9-10-15(19)11-17(24)6-2-1-5-16(13-25)21(26)27/h1-4,7-10,12,16-17,25H,5-6,11,13,24H2,(H,26,27). The second-order valence-corrected chi connectivity index (χ2v) is 6.82. The first-order valence-electron chi connectivity index (χ1n) is 8.70. The van der Waals surface area contributed by atoms with Crippen LogP contribution < -0.4 is 5.73 Å². The van der Waals surface area contributed by atoms with Gasteiger partial charge in [0, 0.05) is 16.6 Å². The van der Waals surface area contributed by atoms with Crippen LogP contribution in [0.2, 0.25) is 5.02 Å². The van der Waals surface area contributed by atoms with E-state index < -0.39 is 18.5 Å². The maximum Gasteiger partial charge on any atom is 0.309 e. The van der Waals surface area contributed by atoms with Crippen LogP contribution in [0.3, 0.4) is 0 Å². The minimum Gasteiger partial charge on any atom is -0.481 e. The van der Waals surface area contributed by atoms with Crippen LogP contribution in [0.1, 0.15) is 18.4 Å². The number of rotatable bonds is 9. The normalized spacial score (nSPS) is 13.6. The van der Waals surface area contributed by atoms with Gasteiger partial charge >= 0.3 is 5.97 Å². The van der Waals surface area contributed by atoms with Crippen molar-refractivity contribution >= 4 is 17.6 Å². The van der Waals surface area contributed by atoms with Crippen LogP contribution in [-0.4, -0.2) is 28.8 Å². The summed E-state index contributed by atoms with van der Waals surface area (Å²) in [5, 5.41) is 18.4. The van der Waals surface area contributed by atoms with E-state index in [1.165, 1.54) is 6.07 Å². The van der Waals surface area contributed by atoms with E-state index in [2.05, 4.69) is 0 Å². The highest BCUT2D eigenvalue weighted by molar-refractivity contribution is 6.31. The highest BCUT2D eigenvalue weighted by atomic mass is 35.5. The number of hydrogen-bond acceptors (Lipinski definition) is 3. The Morgan fingerprint density at radius 2 is 1.89 bits per heavy atom. The fourth-order valence-electron chi connectivity index (χ4n) is 2.73. The molecule has 2 atom stereocenters. The van der Waals surface area contributed by atoms with E-state index in [1.807, 2.05) is 18.2 Å². The molecule has 0 amide bonds. The number of carbonyl (C=O) groups is 1. The van der Waals surface area contributed by atoms with Crippen molar-refractivity contribution in [1.29, 1.82) is 0 Å². The molecule has 0 heterocycles. The maximum atomic E-state index is 13.9. The Hall–Kier alpha value is -2.21. The first kappa shape index (κ1) is 21.1. The number of aliphatic hydroxyl groups is 1. The summed E-state index contributed by atoms with van der Waals surface area (Å²) in [6.07, 6.45) is 4.90. The van der Waals surface area contributed by atoms with Crippen molar-refractivity contribution in [2.45, 2.75) is 25.3 Å². The SMILES string of the molecule is NC(CC=CCC(CO)C(=O)O)Cc1ccc(-c2ccccc2F)cc1Cl. The third-order valence-electron chi connectivity index (χ3n) is 4.32. The highest BCUT2D eigenvalue weighted by Gasteiger charge is 2.14. The van der Waals surface area contributed by atoms with Gasteiger partial charge in [0.2, 0.25) is 0 Å². The van der Waals surface area contributed by atoms with E-state index in [4.69, 9.17) is 27.5 Å². The molecule has 0 fully saturated rings. The van der Waals surface area contributed by atoms with Crippen LogP contribution in [0, 0.1) is 11.7 Å². The molecule has 0 saturated heterocycles. The summed E-state index contributed by atoms with van der Waals surface area (Å²) >= 11 is 6.34. The van der Waals surface area contributed by atoms with Gasteiger partial charge in [-0.25, -0.2) is 4.39 Å². The van der Waals surface area contributed by atoms with Crippen LogP contribution >= 0.6 is 11.6 Å². The quantitative estimate of drug-likeness (QED) is 0.563. The lowest BCUT2D eigenvalue weighted by Crippen LogP contribution is -2.22. The summed E-state index contributed by atoms with van der Waals surface area (Å²) in [5.41, 5.74) is 8.20. The molecular weight excluding hydrogens is 369 g/mol. The van der Waals surface area contributed by atoms with Gasteiger partial charge in [-0.2, -0.15) is 0 Å². The van der Waals surface area contributed by atoms with E-state index in [9.17, 15) is 9.18 Å². The number of hydrogen-bond donors (Lipinski definition) is 3. The number of aliphatic carboxylic acids is 1. The van der Waals surface area contributed by atoms with Gasteiger partial charge < -0.3 is 15.9 Å². The van der Waals surface area contributed by atoms with Crippen molar-refractivity contribution in [3.05, 3.63) is 71.0 Å². The molecule has 2 rings (SSSR count). The van der Waals surface area contributed by atoms with Crippen LogP contribution in [0.25, 0.3) is 11.1 Å². The van der Waals surface area contributed by atoms with Gasteiger partial charge in [-0.05, 0) is 42.5 Å². The third kappa shape index (κ3) is 6.17. The average Bonchev–Trinajstić information content (AvgIpc) is 2.63. The largest absolute Gasteiger partial charge is 0.481 e. The minimum absolute atomic E-state index is 0.185. The molecule has 0 aliphatic rings. The van der Waals surface area contributed by atoms with Gasteiger partial charge in [-0.15, -0.1) is 0 Å². The molecule has 0 aromatic heterocycles. The van der Waals surface area contributed by atoms with Crippen LogP contribution in [-0.2, 0) is 11.2 Å². The number of allylic oxidation sites excluding steroid dienone is 1. The molecule has 27 heavy (non-hydrogen) atoms. The molecule has 0 radical (unpaired) electrons. The third-order valence-corrected chi connectivity index (χ3v) is 4.67. The summed E-state index contributed by atoms with van der Waals surface area (Å²) < 4.78 is 13.9. The molecule has 6 heteroatoms. The van der Waals surface area contributed by atoms with E-state index in [1.54, 1.807) is 30.3 Å². The number of nitrogens with two attached hydrogens (primary N) is 1. The monoisotopic (exact) mass is 391 g/mol. The Kier molecular flexibility index (Phi) is 7.98. The van der Waals surface area contributed by atoms with Crippen molar-refractivity contribution in [2.75, 3.05) is 6.61 Å². The molecule has 2 aromatic carbocycles. The topological polar surface area (TPSA) is 83.5 Å². The molecule has 4 N–H and O–H groups in total. The van der Waals surface area contributed by atoms with E-state index >= 15 is 0 Å². The van der Waals surface area contributed by atoms with Crippen LogP contribution in [0.15, 0.2) is 54.6 Å². The maximum absolute atomic E-state index is 13.9. The zero-order valence-electron chi connectivity index (χ0n) is 14.8. The predicted molar refractivity (Wildman–Crippen MR) is 105 cm³/mol. The van der Waals surface area contributed by atoms with Gasteiger partial charge in [-0.3, -0.25) is 4.79 Å². The second kappa shape index (κ2) is 10.2. The Morgan fingerprint density at radius 3 is 2.52 bits per heavy atom. The Balaban J connectivity index is 1.95. The van der Waals surface area contributed by atoms with Crippen molar-refractivity contribution in [1.82, 2.24) is 0 Å². The number of carboxylic acid groups (broad SMARTS) is 1. The Labute approximate surface area is 163 Å². The van der Waals surface area contributed by atoms with Gasteiger partial charge in [0.1, 0.15) is 5.82 Å². The van der Waals surface area contributed by atoms with Gasteiger partial charge in [0.25, 0.3) is 0 Å². The predicted octanol–water partition coefficient (Wildman–Crippen LogP) is 4.05. The van der Waals surface area contributed by atoms with Crippen molar-refractivity contribution in [2.24, 2.45) is 11.7 Å². The first-order chi connectivity index (χ1) is 12.9. The fourth-order valence-corrected chi connectivity index (χ4v) is 2.98. The van der Waals surface area contributed by atoms with Crippen LogP contribution in [0.4, 0.5) is 4.39 Å². The number of halogens is 2. The second-order valence-electron chi connectivity index (χ2n) is 6.41. The molecule has 2 aromatic rings. The van der Waals surface area contributed by atoms with Gasteiger partial charge in [-0.1, -0.05) is 54.1 Å². The van der Waals surface area contributed by atoms with Crippen molar-refractivity contribution in [3.63, 3.8) is 0 Å². The lowest BCUT2D eigenvalue weighted by atomic mass is 9.99.